The largest absolute Gasteiger partial charge is 0.354 e. The summed E-state index contributed by atoms with van der Waals surface area (Å²) < 4.78 is 13.2. The molecule has 6 heteroatoms. The van der Waals surface area contributed by atoms with Crippen LogP contribution in [0, 0.1) is 11.7 Å². The molecule has 0 aromatic heterocycles. The summed E-state index contributed by atoms with van der Waals surface area (Å²) in [5, 5.41) is 5.41. The average molecular weight is 291 g/mol. The Hall–Kier alpha value is -1.95. The van der Waals surface area contributed by atoms with Crippen LogP contribution in [0.25, 0.3) is 0 Å². The molecule has 1 aromatic rings. The summed E-state index contributed by atoms with van der Waals surface area (Å²) in [6, 6.07) is 4.06. The highest BCUT2D eigenvalue weighted by atomic mass is 19.1. The number of fused-ring (bicyclic) bond motifs is 1. The van der Waals surface area contributed by atoms with E-state index in [1.165, 1.54) is 12.1 Å². The second kappa shape index (κ2) is 5.44. The Kier molecular flexibility index (Phi) is 3.63. The Bertz CT molecular complexity index is 586. The molecule has 1 saturated carbocycles. The highest BCUT2D eigenvalue weighted by Crippen LogP contribution is 2.33. The van der Waals surface area contributed by atoms with E-state index in [0.29, 0.717) is 23.7 Å². The van der Waals surface area contributed by atoms with Crippen molar-refractivity contribution in [2.24, 2.45) is 11.7 Å². The number of rotatable bonds is 4. The van der Waals surface area contributed by atoms with Crippen LogP contribution in [0.15, 0.2) is 18.2 Å². The van der Waals surface area contributed by atoms with Gasteiger partial charge in [0.1, 0.15) is 5.82 Å². The van der Waals surface area contributed by atoms with E-state index in [0.717, 1.165) is 12.8 Å². The van der Waals surface area contributed by atoms with Crippen molar-refractivity contribution in [1.82, 2.24) is 5.32 Å². The Morgan fingerprint density at radius 1 is 1.48 bits per heavy atom. The fourth-order valence-corrected chi connectivity index (χ4v) is 2.70. The number of halogens is 1. The van der Waals surface area contributed by atoms with Gasteiger partial charge in [-0.3, -0.25) is 9.59 Å². The Balaban J connectivity index is 1.72. The van der Waals surface area contributed by atoms with Crippen molar-refractivity contribution < 1.29 is 14.0 Å². The molecule has 0 radical (unpaired) electrons. The van der Waals surface area contributed by atoms with Gasteiger partial charge in [-0.1, -0.05) is 6.07 Å². The predicted molar refractivity (Wildman–Crippen MR) is 76.1 cm³/mol. The number of nitrogens with one attached hydrogen (secondary N) is 2. The first-order valence-electron chi connectivity index (χ1n) is 7.17. The molecule has 112 valence electrons. The predicted octanol–water partition coefficient (Wildman–Crippen LogP) is 1.10. The number of nitrogens with two attached hydrogens (primary N) is 1. The maximum absolute atomic E-state index is 13.2. The lowest BCUT2D eigenvalue weighted by Gasteiger charge is -2.25. The van der Waals surface area contributed by atoms with Crippen LogP contribution in [0.4, 0.5) is 10.1 Å². The van der Waals surface area contributed by atoms with Crippen molar-refractivity contribution >= 4 is 17.5 Å². The summed E-state index contributed by atoms with van der Waals surface area (Å²) in [4.78, 5) is 24.0. The standard InChI is InChI=1S/C15H18FN3O2/c16-9-3-4-10-11(6-14(20)19-13(10)5-9)15(21)18-7-12(17)8-1-2-8/h3-5,8,11-12H,1-2,6-7,17H2,(H,18,21)(H,19,20). The summed E-state index contributed by atoms with van der Waals surface area (Å²) in [6.07, 6.45) is 2.30. The summed E-state index contributed by atoms with van der Waals surface area (Å²) in [6.45, 7) is 0.415. The molecule has 5 nitrogen and oxygen atoms in total. The number of hydrogen-bond acceptors (Lipinski definition) is 3. The van der Waals surface area contributed by atoms with Crippen LogP contribution in [0.2, 0.25) is 0 Å². The van der Waals surface area contributed by atoms with Gasteiger partial charge >= 0.3 is 0 Å². The third-order valence-electron chi connectivity index (χ3n) is 4.11. The molecule has 1 heterocycles. The van der Waals surface area contributed by atoms with Gasteiger partial charge in [0, 0.05) is 24.7 Å². The number of benzene rings is 1. The number of amides is 2. The lowest BCUT2D eigenvalue weighted by molar-refractivity contribution is -0.126. The molecule has 1 aliphatic carbocycles. The summed E-state index contributed by atoms with van der Waals surface area (Å²) in [5.74, 6) is -1.03. The number of hydrogen-bond donors (Lipinski definition) is 3. The molecule has 2 atom stereocenters. The van der Waals surface area contributed by atoms with Gasteiger partial charge in [-0.15, -0.1) is 0 Å². The van der Waals surface area contributed by atoms with E-state index in [9.17, 15) is 14.0 Å². The van der Waals surface area contributed by atoms with Crippen LogP contribution in [0.5, 0.6) is 0 Å². The Labute approximate surface area is 122 Å². The Morgan fingerprint density at radius 3 is 2.95 bits per heavy atom. The monoisotopic (exact) mass is 291 g/mol. The van der Waals surface area contributed by atoms with Crippen LogP contribution < -0.4 is 16.4 Å². The van der Waals surface area contributed by atoms with Crippen LogP contribution in [-0.4, -0.2) is 24.4 Å². The number of anilines is 1. The summed E-state index contributed by atoms with van der Waals surface area (Å²) >= 11 is 0. The van der Waals surface area contributed by atoms with Gasteiger partial charge in [0.05, 0.1) is 5.92 Å². The second-order valence-corrected chi connectivity index (χ2v) is 5.78. The fourth-order valence-electron chi connectivity index (χ4n) is 2.70. The van der Waals surface area contributed by atoms with E-state index in [4.69, 9.17) is 5.73 Å². The third-order valence-corrected chi connectivity index (χ3v) is 4.11. The van der Waals surface area contributed by atoms with Gasteiger partial charge in [-0.2, -0.15) is 0 Å². The van der Waals surface area contributed by atoms with Crippen molar-refractivity contribution in [3.8, 4) is 0 Å². The summed E-state index contributed by atoms with van der Waals surface area (Å²) in [7, 11) is 0. The van der Waals surface area contributed by atoms with Crippen molar-refractivity contribution in [3.05, 3.63) is 29.6 Å². The van der Waals surface area contributed by atoms with Crippen molar-refractivity contribution in [3.63, 3.8) is 0 Å². The molecule has 1 aliphatic heterocycles. The topological polar surface area (TPSA) is 84.2 Å². The zero-order valence-electron chi connectivity index (χ0n) is 11.6. The highest BCUT2D eigenvalue weighted by molar-refractivity contribution is 6.01. The first kappa shape index (κ1) is 14.0. The van der Waals surface area contributed by atoms with Crippen LogP contribution in [0.1, 0.15) is 30.7 Å². The zero-order chi connectivity index (χ0) is 15.0. The highest BCUT2D eigenvalue weighted by Gasteiger charge is 2.32. The van der Waals surface area contributed by atoms with Gasteiger partial charge in [-0.05, 0) is 36.5 Å². The smallest absolute Gasteiger partial charge is 0.228 e. The molecular weight excluding hydrogens is 273 g/mol. The van der Waals surface area contributed by atoms with Gasteiger partial charge in [0.25, 0.3) is 0 Å². The minimum Gasteiger partial charge on any atom is -0.354 e. The molecule has 0 bridgehead atoms. The van der Waals surface area contributed by atoms with E-state index in [1.54, 1.807) is 6.07 Å². The van der Waals surface area contributed by atoms with E-state index >= 15 is 0 Å². The molecular formula is C15H18FN3O2. The lowest BCUT2D eigenvalue weighted by atomic mass is 9.89. The first-order valence-corrected chi connectivity index (χ1v) is 7.17. The molecule has 3 rings (SSSR count). The maximum atomic E-state index is 13.2. The number of carbonyl (C=O) groups excluding carboxylic acids is 2. The molecule has 1 fully saturated rings. The molecule has 2 unspecified atom stereocenters. The van der Waals surface area contributed by atoms with Gasteiger partial charge < -0.3 is 16.4 Å². The SMILES string of the molecule is NC(CNC(=O)C1CC(=O)Nc2cc(F)ccc21)C1CC1. The van der Waals surface area contributed by atoms with E-state index in [1.807, 2.05) is 0 Å². The average Bonchev–Trinajstić information content (AvgIpc) is 3.27. The minimum absolute atomic E-state index is 0.0287. The molecule has 21 heavy (non-hydrogen) atoms. The van der Waals surface area contributed by atoms with Crippen LogP contribution >= 0.6 is 0 Å². The first-order chi connectivity index (χ1) is 10.0. The fraction of sp³-hybridized carbons (Fsp3) is 0.467. The zero-order valence-corrected chi connectivity index (χ0v) is 11.6. The normalized spacial score (nSPS) is 22.2. The molecule has 4 N–H and O–H groups in total. The lowest BCUT2D eigenvalue weighted by Crippen LogP contribution is -2.42. The van der Waals surface area contributed by atoms with Crippen molar-refractivity contribution in [1.29, 1.82) is 0 Å². The third kappa shape index (κ3) is 3.05. The van der Waals surface area contributed by atoms with Crippen molar-refractivity contribution in [2.45, 2.75) is 31.2 Å². The maximum Gasteiger partial charge on any atom is 0.228 e. The van der Waals surface area contributed by atoms with Gasteiger partial charge in [-0.25, -0.2) is 4.39 Å². The van der Waals surface area contributed by atoms with E-state index in [-0.39, 0.29) is 24.3 Å². The molecule has 0 saturated heterocycles. The Morgan fingerprint density at radius 2 is 2.24 bits per heavy atom. The summed E-state index contributed by atoms with van der Waals surface area (Å²) in [5.41, 5.74) is 6.97. The van der Waals surface area contributed by atoms with E-state index < -0.39 is 11.7 Å². The molecule has 0 spiro atoms. The quantitative estimate of drug-likeness (QED) is 0.777. The molecule has 1 aromatic carbocycles. The van der Waals surface area contributed by atoms with Crippen LogP contribution in [0.3, 0.4) is 0 Å². The molecule has 2 aliphatic rings. The second-order valence-electron chi connectivity index (χ2n) is 5.78. The minimum atomic E-state index is -0.583. The van der Waals surface area contributed by atoms with E-state index in [2.05, 4.69) is 10.6 Å². The van der Waals surface area contributed by atoms with Crippen LogP contribution in [-0.2, 0) is 9.59 Å². The van der Waals surface area contributed by atoms with Gasteiger partial charge in [0.2, 0.25) is 11.8 Å². The molecule has 2 amide bonds. The van der Waals surface area contributed by atoms with Gasteiger partial charge in [0.15, 0.2) is 0 Å². The number of carbonyl (C=O) groups is 2. The van der Waals surface area contributed by atoms with Crippen molar-refractivity contribution in [2.75, 3.05) is 11.9 Å².